The molecule has 0 amide bonds. The molecule has 0 radical (unpaired) electrons. The fourth-order valence-corrected chi connectivity index (χ4v) is 5.92. The molecule has 1 saturated carbocycles. The summed E-state index contributed by atoms with van der Waals surface area (Å²) in [4.78, 5) is 26.1. The van der Waals surface area contributed by atoms with Crippen molar-refractivity contribution in [3.8, 4) is 5.69 Å². The van der Waals surface area contributed by atoms with Crippen LogP contribution in [0.3, 0.4) is 0 Å². The van der Waals surface area contributed by atoms with Crippen LogP contribution in [-0.2, 0) is 6.42 Å². The van der Waals surface area contributed by atoms with Gasteiger partial charge < -0.3 is 20.5 Å². The molecule has 1 aliphatic carbocycles. The number of aromatic amines is 1. The van der Waals surface area contributed by atoms with Crippen LogP contribution in [0, 0.1) is 5.92 Å². The van der Waals surface area contributed by atoms with Crippen molar-refractivity contribution in [3.05, 3.63) is 89.1 Å². The number of rotatable bonds is 5. The zero-order valence-corrected chi connectivity index (χ0v) is 21.0. The molecule has 0 bridgehead atoms. The van der Waals surface area contributed by atoms with E-state index in [1.807, 2.05) is 71.4 Å². The highest BCUT2D eigenvalue weighted by molar-refractivity contribution is 5.91. The molecular weight excluding hydrogens is 494 g/mol. The van der Waals surface area contributed by atoms with Crippen LogP contribution < -0.4 is 11.3 Å². The second-order valence-corrected chi connectivity index (χ2v) is 10.3. The minimum atomic E-state index is -0.904. The smallest absolute Gasteiger partial charge is 0.280 e. The Bertz CT molecular complexity index is 1890. The lowest BCUT2D eigenvalue weighted by atomic mass is 9.95. The predicted octanol–water partition coefficient (Wildman–Crippen LogP) is 3.11. The van der Waals surface area contributed by atoms with E-state index in [1.54, 1.807) is 0 Å². The number of aryl methyl sites for hydroxylation is 1. The molecule has 196 valence electrons. The molecule has 10 heteroatoms. The number of hydrogen-bond acceptors (Lipinski definition) is 7. The zero-order chi connectivity index (χ0) is 26.7. The lowest BCUT2D eigenvalue weighted by molar-refractivity contribution is 0.00545. The summed E-state index contributed by atoms with van der Waals surface area (Å²) in [5.41, 5.74) is 9.66. The molecule has 2 aromatic carbocycles. The SMILES string of the molecule is Nc1ncnc2c1ccn2[C@@H]1C[C@H](CCc2ccc3cc4c(=O)n(-c5ccccc5)[nH]c4nc3c2)[C@@H](O)[C@H]1O. The number of anilines is 1. The van der Waals surface area contributed by atoms with Crippen molar-refractivity contribution >= 4 is 38.8 Å². The fourth-order valence-electron chi connectivity index (χ4n) is 5.92. The number of aliphatic hydroxyl groups is 2. The number of para-hydroxylation sites is 1. The van der Waals surface area contributed by atoms with Crippen molar-refractivity contribution in [2.45, 2.75) is 37.5 Å². The highest BCUT2D eigenvalue weighted by Crippen LogP contribution is 2.39. The van der Waals surface area contributed by atoms with Crippen LogP contribution in [0.25, 0.3) is 38.7 Å². The number of pyridine rings is 1. The van der Waals surface area contributed by atoms with Gasteiger partial charge in [0, 0.05) is 11.6 Å². The van der Waals surface area contributed by atoms with Crippen LogP contribution in [0.2, 0.25) is 0 Å². The average Bonchev–Trinajstić information content (AvgIpc) is 3.61. The first kappa shape index (κ1) is 23.6. The Kier molecular flexibility index (Phi) is 5.46. The number of nitrogens with two attached hydrogens (primary N) is 1. The summed E-state index contributed by atoms with van der Waals surface area (Å²) in [5, 5.41) is 27.1. The van der Waals surface area contributed by atoms with Crippen molar-refractivity contribution in [2.75, 3.05) is 5.73 Å². The number of benzene rings is 2. The van der Waals surface area contributed by atoms with Gasteiger partial charge in [-0.05, 0) is 61.1 Å². The molecule has 4 heterocycles. The third kappa shape index (κ3) is 3.87. The molecule has 5 N–H and O–H groups in total. The lowest BCUT2D eigenvalue weighted by Crippen LogP contribution is -2.29. The van der Waals surface area contributed by atoms with E-state index < -0.39 is 12.2 Å². The van der Waals surface area contributed by atoms with Gasteiger partial charge in [-0.25, -0.2) is 19.6 Å². The Hall–Kier alpha value is -4.54. The molecule has 6 aromatic rings. The number of aliphatic hydroxyl groups excluding tert-OH is 2. The molecule has 7 rings (SSSR count). The van der Waals surface area contributed by atoms with Crippen molar-refractivity contribution in [3.63, 3.8) is 0 Å². The zero-order valence-electron chi connectivity index (χ0n) is 21.0. The Labute approximate surface area is 222 Å². The Morgan fingerprint density at radius 2 is 1.85 bits per heavy atom. The van der Waals surface area contributed by atoms with Gasteiger partial charge in [-0.15, -0.1) is 0 Å². The van der Waals surface area contributed by atoms with Gasteiger partial charge in [0.2, 0.25) is 0 Å². The van der Waals surface area contributed by atoms with Crippen molar-refractivity contribution in [1.82, 2.24) is 29.3 Å². The highest BCUT2D eigenvalue weighted by atomic mass is 16.3. The molecule has 39 heavy (non-hydrogen) atoms. The quantitative estimate of drug-likeness (QED) is 0.272. The molecule has 0 unspecified atom stereocenters. The van der Waals surface area contributed by atoms with E-state index in [0.29, 0.717) is 35.3 Å². The van der Waals surface area contributed by atoms with Crippen LogP contribution in [-0.4, -0.2) is 51.7 Å². The normalized spacial score (nSPS) is 21.4. The lowest BCUT2D eigenvalue weighted by Gasteiger charge is -2.19. The van der Waals surface area contributed by atoms with Crippen molar-refractivity contribution in [2.24, 2.45) is 5.92 Å². The summed E-state index contributed by atoms with van der Waals surface area (Å²) < 4.78 is 3.41. The third-order valence-corrected chi connectivity index (χ3v) is 8.02. The maximum Gasteiger partial charge on any atom is 0.280 e. The van der Waals surface area contributed by atoms with Crippen LogP contribution in [0.4, 0.5) is 5.82 Å². The van der Waals surface area contributed by atoms with Crippen molar-refractivity contribution < 1.29 is 10.2 Å². The van der Waals surface area contributed by atoms with Gasteiger partial charge in [0.25, 0.3) is 5.56 Å². The number of nitrogen functional groups attached to an aromatic ring is 1. The third-order valence-electron chi connectivity index (χ3n) is 8.02. The first-order chi connectivity index (χ1) is 19.0. The van der Waals surface area contributed by atoms with Gasteiger partial charge in [-0.2, -0.15) is 0 Å². The minimum absolute atomic E-state index is 0.0796. The Morgan fingerprint density at radius 1 is 1.00 bits per heavy atom. The molecule has 1 fully saturated rings. The molecule has 4 atom stereocenters. The van der Waals surface area contributed by atoms with Crippen LogP contribution in [0.5, 0.6) is 0 Å². The van der Waals surface area contributed by atoms with Crippen LogP contribution >= 0.6 is 0 Å². The van der Waals surface area contributed by atoms with E-state index in [2.05, 4.69) is 15.1 Å². The monoisotopic (exact) mass is 521 g/mol. The number of H-pyrrole nitrogens is 1. The summed E-state index contributed by atoms with van der Waals surface area (Å²) in [6, 6.07) is 18.9. The Balaban J connectivity index is 1.12. The fraction of sp³-hybridized carbons (Fsp3) is 0.241. The van der Waals surface area contributed by atoms with Crippen LogP contribution in [0.15, 0.2) is 78.0 Å². The topological polar surface area (TPSA) is 148 Å². The number of hydrogen-bond donors (Lipinski definition) is 4. The summed E-state index contributed by atoms with van der Waals surface area (Å²) in [6.07, 6.45) is 3.57. The maximum absolute atomic E-state index is 13.0. The molecule has 4 aromatic heterocycles. The van der Waals surface area contributed by atoms with Gasteiger partial charge in [0.15, 0.2) is 5.65 Å². The number of fused-ring (bicyclic) bond motifs is 3. The van der Waals surface area contributed by atoms with E-state index in [9.17, 15) is 15.0 Å². The number of nitrogens with zero attached hydrogens (tertiary/aromatic N) is 5. The highest BCUT2D eigenvalue weighted by Gasteiger charge is 2.42. The first-order valence-corrected chi connectivity index (χ1v) is 13.0. The van der Waals surface area contributed by atoms with Gasteiger partial charge in [0.05, 0.1) is 34.1 Å². The molecular formula is C29H27N7O3. The van der Waals surface area contributed by atoms with E-state index in [0.717, 1.165) is 34.0 Å². The molecule has 0 saturated heterocycles. The average molecular weight is 522 g/mol. The van der Waals surface area contributed by atoms with E-state index in [4.69, 9.17) is 10.7 Å². The van der Waals surface area contributed by atoms with E-state index in [-0.39, 0.29) is 17.5 Å². The van der Waals surface area contributed by atoms with Gasteiger partial charge >= 0.3 is 0 Å². The van der Waals surface area contributed by atoms with Crippen LogP contribution in [0.1, 0.15) is 24.4 Å². The first-order valence-electron chi connectivity index (χ1n) is 13.0. The minimum Gasteiger partial charge on any atom is -0.390 e. The van der Waals surface area contributed by atoms with E-state index in [1.165, 1.54) is 11.0 Å². The molecule has 0 aliphatic heterocycles. The van der Waals surface area contributed by atoms with E-state index >= 15 is 0 Å². The molecule has 1 aliphatic rings. The second kappa shape index (κ2) is 9.04. The number of aromatic nitrogens is 6. The molecule has 10 nitrogen and oxygen atoms in total. The number of nitrogens with one attached hydrogen (secondary N) is 1. The molecule has 0 spiro atoms. The largest absolute Gasteiger partial charge is 0.390 e. The summed E-state index contributed by atoms with van der Waals surface area (Å²) >= 11 is 0. The van der Waals surface area contributed by atoms with Crippen molar-refractivity contribution in [1.29, 1.82) is 0 Å². The summed E-state index contributed by atoms with van der Waals surface area (Å²) in [6.45, 7) is 0. The van der Waals surface area contributed by atoms with Gasteiger partial charge in [-0.3, -0.25) is 9.89 Å². The summed E-state index contributed by atoms with van der Waals surface area (Å²) in [5.74, 6) is 0.315. The predicted molar refractivity (Wildman–Crippen MR) is 149 cm³/mol. The maximum atomic E-state index is 13.0. The standard InChI is InChI=1S/C29H27N7O3/c30-26-20-10-11-35(28(20)32-15-31-26)23-14-18(24(37)25(23)38)9-7-16-6-8-17-13-21-27(33-22(17)12-16)34-36(29(21)39)19-4-2-1-3-5-19/h1-6,8,10-13,15,18,23-25,37-38H,7,9,14H2,(H,33,34)(H2,30,31,32)/t18-,23+,24+,25-/m0/s1. The van der Waals surface area contributed by atoms with Gasteiger partial charge in [-0.1, -0.05) is 30.3 Å². The Morgan fingerprint density at radius 3 is 2.69 bits per heavy atom. The summed E-state index contributed by atoms with van der Waals surface area (Å²) in [7, 11) is 0. The van der Waals surface area contributed by atoms with Gasteiger partial charge in [0.1, 0.15) is 23.9 Å². The second-order valence-electron chi connectivity index (χ2n) is 10.3.